The highest BCUT2D eigenvalue weighted by Crippen LogP contribution is 2.22. The molecule has 0 aliphatic heterocycles. The van der Waals surface area contributed by atoms with E-state index in [-0.39, 0.29) is 18.4 Å². The Morgan fingerprint density at radius 2 is 1.67 bits per heavy atom. The molecular weight excluding hydrogens is 226 g/mol. The van der Waals surface area contributed by atoms with E-state index in [9.17, 15) is 10.2 Å². The third-order valence-electron chi connectivity index (χ3n) is 3.77. The zero-order valence-corrected chi connectivity index (χ0v) is 10.8. The lowest BCUT2D eigenvalue weighted by Crippen LogP contribution is -2.34. The van der Waals surface area contributed by atoms with Crippen molar-refractivity contribution < 1.29 is 10.2 Å². The molecule has 1 atom stereocenters. The van der Waals surface area contributed by atoms with Gasteiger partial charge in [0, 0.05) is 6.04 Å². The van der Waals surface area contributed by atoms with Gasteiger partial charge in [-0.1, -0.05) is 37.8 Å². The topological polar surface area (TPSA) is 52.5 Å². The summed E-state index contributed by atoms with van der Waals surface area (Å²) >= 11 is 0. The summed E-state index contributed by atoms with van der Waals surface area (Å²) in [7, 11) is 0. The molecule has 0 radical (unpaired) electrons. The van der Waals surface area contributed by atoms with Crippen LogP contribution < -0.4 is 5.32 Å². The van der Waals surface area contributed by atoms with E-state index in [1.165, 1.54) is 38.5 Å². The van der Waals surface area contributed by atoms with Crippen LogP contribution in [0.4, 0.5) is 0 Å². The molecule has 3 N–H and O–H groups in total. The van der Waals surface area contributed by atoms with E-state index >= 15 is 0 Å². The molecule has 18 heavy (non-hydrogen) atoms. The van der Waals surface area contributed by atoms with Crippen molar-refractivity contribution in [1.29, 1.82) is 0 Å². The van der Waals surface area contributed by atoms with Crippen molar-refractivity contribution in [3.63, 3.8) is 0 Å². The molecule has 1 unspecified atom stereocenters. The predicted octanol–water partition coefficient (Wildman–Crippen LogP) is 2.74. The highest BCUT2D eigenvalue weighted by atomic mass is 16.3. The highest BCUT2D eigenvalue weighted by molar-refractivity contribution is 5.28. The van der Waals surface area contributed by atoms with Crippen LogP contribution in [0.15, 0.2) is 24.3 Å². The summed E-state index contributed by atoms with van der Waals surface area (Å²) in [6, 6.07) is 7.59. The lowest BCUT2D eigenvalue weighted by molar-refractivity contribution is 0.228. The first-order chi connectivity index (χ1) is 8.79. The molecule has 3 nitrogen and oxygen atoms in total. The normalized spacial score (nSPS) is 19.4. The SMILES string of the molecule is OCC(NC1CCCCCC1)c1ccc(O)cc1. The van der Waals surface area contributed by atoms with Gasteiger partial charge in [0.1, 0.15) is 5.75 Å². The molecule has 1 saturated carbocycles. The van der Waals surface area contributed by atoms with Crippen molar-refractivity contribution in [3.05, 3.63) is 29.8 Å². The molecule has 1 aliphatic carbocycles. The third kappa shape index (κ3) is 3.72. The van der Waals surface area contributed by atoms with Crippen LogP contribution in [0.1, 0.15) is 50.1 Å². The van der Waals surface area contributed by atoms with Crippen LogP contribution >= 0.6 is 0 Å². The summed E-state index contributed by atoms with van der Waals surface area (Å²) in [6.07, 6.45) is 7.64. The average Bonchev–Trinajstić information content (AvgIpc) is 2.66. The smallest absolute Gasteiger partial charge is 0.115 e. The number of aliphatic hydroxyl groups is 1. The van der Waals surface area contributed by atoms with E-state index in [0.29, 0.717) is 6.04 Å². The van der Waals surface area contributed by atoms with Crippen molar-refractivity contribution in [2.75, 3.05) is 6.61 Å². The third-order valence-corrected chi connectivity index (χ3v) is 3.77. The first-order valence-electron chi connectivity index (χ1n) is 6.95. The summed E-state index contributed by atoms with van der Waals surface area (Å²) in [4.78, 5) is 0. The Morgan fingerprint density at radius 3 is 2.22 bits per heavy atom. The zero-order valence-electron chi connectivity index (χ0n) is 10.8. The standard InChI is InChI=1S/C15H23NO2/c17-11-15(12-7-9-14(18)10-8-12)16-13-5-3-1-2-4-6-13/h7-10,13,15-18H,1-6,11H2. The van der Waals surface area contributed by atoms with Crippen molar-refractivity contribution in [2.24, 2.45) is 0 Å². The monoisotopic (exact) mass is 249 g/mol. The van der Waals surface area contributed by atoms with Gasteiger partial charge in [-0.2, -0.15) is 0 Å². The fourth-order valence-corrected chi connectivity index (χ4v) is 2.69. The molecule has 0 amide bonds. The minimum absolute atomic E-state index is 0.0197. The van der Waals surface area contributed by atoms with Crippen LogP contribution in [0.5, 0.6) is 5.75 Å². The van der Waals surface area contributed by atoms with Crippen molar-refractivity contribution >= 4 is 0 Å². The predicted molar refractivity (Wildman–Crippen MR) is 72.6 cm³/mol. The van der Waals surface area contributed by atoms with E-state index in [1.807, 2.05) is 12.1 Å². The molecule has 0 spiro atoms. The van der Waals surface area contributed by atoms with Gasteiger partial charge in [0.05, 0.1) is 12.6 Å². The van der Waals surface area contributed by atoms with Gasteiger partial charge in [-0.15, -0.1) is 0 Å². The zero-order chi connectivity index (χ0) is 12.8. The van der Waals surface area contributed by atoms with Gasteiger partial charge in [0.25, 0.3) is 0 Å². The molecule has 2 rings (SSSR count). The molecule has 1 fully saturated rings. The molecule has 1 aliphatic rings. The van der Waals surface area contributed by atoms with Crippen LogP contribution in [-0.4, -0.2) is 22.9 Å². The Hall–Kier alpha value is -1.06. The van der Waals surface area contributed by atoms with Crippen molar-refractivity contribution in [2.45, 2.75) is 50.6 Å². The summed E-state index contributed by atoms with van der Waals surface area (Å²) in [5, 5.41) is 22.4. The second kappa shape index (κ2) is 6.76. The van der Waals surface area contributed by atoms with Gasteiger partial charge in [-0.05, 0) is 30.5 Å². The largest absolute Gasteiger partial charge is 0.508 e. The highest BCUT2D eigenvalue weighted by Gasteiger charge is 2.17. The maximum Gasteiger partial charge on any atom is 0.115 e. The molecule has 0 saturated heterocycles. The van der Waals surface area contributed by atoms with Gasteiger partial charge >= 0.3 is 0 Å². The Labute approximate surface area is 109 Å². The first kappa shape index (κ1) is 13.4. The lowest BCUT2D eigenvalue weighted by Gasteiger charge is -2.24. The molecule has 100 valence electrons. The number of hydrogen-bond acceptors (Lipinski definition) is 3. The maximum absolute atomic E-state index is 9.52. The van der Waals surface area contributed by atoms with Crippen LogP contribution in [0.25, 0.3) is 0 Å². The fourth-order valence-electron chi connectivity index (χ4n) is 2.69. The van der Waals surface area contributed by atoms with Gasteiger partial charge in [-0.25, -0.2) is 0 Å². The summed E-state index contributed by atoms with van der Waals surface area (Å²) < 4.78 is 0. The van der Waals surface area contributed by atoms with E-state index in [2.05, 4.69) is 5.32 Å². The Kier molecular flexibility index (Phi) is 5.02. The molecule has 0 bridgehead atoms. The Morgan fingerprint density at radius 1 is 1.06 bits per heavy atom. The number of phenolic OH excluding ortho intramolecular Hbond substituents is 1. The van der Waals surface area contributed by atoms with Gasteiger partial charge < -0.3 is 15.5 Å². The van der Waals surface area contributed by atoms with E-state index in [0.717, 1.165) is 5.56 Å². The number of aromatic hydroxyl groups is 1. The second-order valence-electron chi connectivity index (χ2n) is 5.18. The number of nitrogens with one attached hydrogen (secondary N) is 1. The van der Waals surface area contributed by atoms with Crippen LogP contribution in [0, 0.1) is 0 Å². The van der Waals surface area contributed by atoms with E-state index < -0.39 is 0 Å². The maximum atomic E-state index is 9.52. The van der Waals surface area contributed by atoms with E-state index in [1.54, 1.807) is 12.1 Å². The Bertz CT molecular complexity index is 342. The van der Waals surface area contributed by atoms with Crippen LogP contribution in [0.3, 0.4) is 0 Å². The molecule has 1 aromatic rings. The van der Waals surface area contributed by atoms with Gasteiger partial charge in [0.2, 0.25) is 0 Å². The minimum Gasteiger partial charge on any atom is -0.508 e. The first-order valence-corrected chi connectivity index (χ1v) is 6.95. The number of hydrogen-bond donors (Lipinski definition) is 3. The number of phenols is 1. The molecule has 3 heteroatoms. The van der Waals surface area contributed by atoms with Crippen molar-refractivity contribution in [1.82, 2.24) is 5.32 Å². The van der Waals surface area contributed by atoms with Crippen LogP contribution in [0.2, 0.25) is 0 Å². The van der Waals surface area contributed by atoms with Gasteiger partial charge in [0.15, 0.2) is 0 Å². The van der Waals surface area contributed by atoms with Crippen LogP contribution in [-0.2, 0) is 0 Å². The Balaban J connectivity index is 1.97. The number of rotatable bonds is 4. The molecule has 1 aromatic carbocycles. The second-order valence-corrected chi connectivity index (χ2v) is 5.18. The molecule has 0 heterocycles. The van der Waals surface area contributed by atoms with E-state index in [4.69, 9.17) is 0 Å². The lowest BCUT2D eigenvalue weighted by atomic mass is 10.0. The van der Waals surface area contributed by atoms with Crippen molar-refractivity contribution in [3.8, 4) is 5.75 Å². The average molecular weight is 249 g/mol. The molecular formula is C15H23NO2. The van der Waals surface area contributed by atoms with Gasteiger partial charge in [-0.3, -0.25) is 0 Å². The fraction of sp³-hybridized carbons (Fsp3) is 0.600. The minimum atomic E-state index is -0.0197. The summed E-state index contributed by atoms with van der Waals surface area (Å²) in [5.74, 6) is 0.268. The number of benzene rings is 1. The summed E-state index contributed by atoms with van der Waals surface area (Å²) in [5.41, 5.74) is 1.04. The molecule has 0 aromatic heterocycles. The summed E-state index contributed by atoms with van der Waals surface area (Å²) in [6.45, 7) is 0.0985. The quantitative estimate of drug-likeness (QED) is 0.719. The number of aliphatic hydroxyl groups excluding tert-OH is 1.